The molecule has 0 unspecified atom stereocenters. The fraction of sp³-hybridized carbons (Fsp3) is 0.250. The first kappa shape index (κ1) is 10.5. The Bertz CT molecular complexity index is 566. The van der Waals surface area contributed by atoms with Gasteiger partial charge in [0, 0.05) is 12.6 Å². The molecule has 1 aromatic heterocycles. The molecule has 84 valence electrons. The van der Waals surface area contributed by atoms with E-state index in [1.54, 1.807) is 21.1 Å². The Kier molecular flexibility index (Phi) is 2.56. The average Bonchev–Trinajstić information content (AvgIpc) is 2.53. The molecular weight excluding hydrogens is 206 g/mol. The molecule has 4 heteroatoms. The maximum Gasteiger partial charge on any atom is 0.361 e. The van der Waals surface area contributed by atoms with Crippen molar-refractivity contribution in [3.05, 3.63) is 40.2 Å². The lowest BCUT2D eigenvalue weighted by atomic mass is 10.1. The SMILES string of the molecule is COc1cccc(-c2c(C)c(=O)on2C)c1. The van der Waals surface area contributed by atoms with Crippen LogP contribution in [0.25, 0.3) is 11.3 Å². The predicted octanol–water partition coefficient (Wildman–Crippen LogP) is 1.96. The first-order valence-electron chi connectivity index (χ1n) is 4.95. The van der Waals surface area contributed by atoms with Crippen LogP contribution in [0.4, 0.5) is 0 Å². The molecule has 0 spiro atoms. The van der Waals surface area contributed by atoms with Gasteiger partial charge in [0.15, 0.2) is 0 Å². The third-order valence-electron chi connectivity index (χ3n) is 2.54. The Balaban J connectivity index is 2.62. The molecule has 0 saturated carbocycles. The molecule has 0 N–H and O–H groups in total. The molecule has 2 aromatic rings. The summed E-state index contributed by atoms with van der Waals surface area (Å²) in [4.78, 5) is 11.4. The number of nitrogens with zero attached hydrogens (tertiary/aromatic N) is 1. The fourth-order valence-corrected chi connectivity index (χ4v) is 1.74. The highest BCUT2D eigenvalue weighted by atomic mass is 16.5. The van der Waals surface area contributed by atoms with Crippen molar-refractivity contribution in [3.63, 3.8) is 0 Å². The molecule has 0 amide bonds. The zero-order chi connectivity index (χ0) is 11.7. The highest BCUT2D eigenvalue weighted by Crippen LogP contribution is 2.24. The summed E-state index contributed by atoms with van der Waals surface area (Å²) in [6, 6.07) is 7.53. The van der Waals surface area contributed by atoms with Gasteiger partial charge in [-0.25, -0.2) is 9.53 Å². The van der Waals surface area contributed by atoms with Gasteiger partial charge in [0.2, 0.25) is 0 Å². The van der Waals surface area contributed by atoms with Gasteiger partial charge in [-0.3, -0.25) is 0 Å². The minimum atomic E-state index is -0.305. The topological polar surface area (TPSA) is 44.4 Å². The second kappa shape index (κ2) is 3.89. The summed E-state index contributed by atoms with van der Waals surface area (Å²) in [6.45, 7) is 1.75. The summed E-state index contributed by atoms with van der Waals surface area (Å²) >= 11 is 0. The Hall–Kier alpha value is -1.97. The van der Waals surface area contributed by atoms with Crippen molar-refractivity contribution >= 4 is 0 Å². The van der Waals surface area contributed by atoms with Gasteiger partial charge in [-0.15, -0.1) is 0 Å². The molecule has 0 aliphatic rings. The highest BCUT2D eigenvalue weighted by Gasteiger charge is 2.13. The number of hydrogen-bond donors (Lipinski definition) is 0. The van der Waals surface area contributed by atoms with Crippen molar-refractivity contribution in [1.29, 1.82) is 0 Å². The summed E-state index contributed by atoms with van der Waals surface area (Å²) < 4.78 is 11.6. The first-order valence-corrected chi connectivity index (χ1v) is 4.95. The van der Waals surface area contributed by atoms with Crippen LogP contribution >= 0.6 is 0 Å². The third kappa shape index (κ3) is 1.62. The standard InChI is InChI=1S/C12H13NO3/c1-8-11(13(2)16-12(8)14)9-5-4-6-10(7-9)15-3/h4-7H,1-3H3. The molecule has 0 bridgehead atoms. The number of ether oxygens (including phenoxy) is 1. The van der Waals surface area contributed by atoms with Gasteiger partial charge in [-0.05, 0) is 19.1 Å². The van der Waals surface area contributed by atoms with Crippen LogP contribution in [-0.4, -0.2) is 11.8 Å². The van der Waals surface area contributed by atoms with Crippen LogP contribution in [0.1, 0.15) is 5.56 Å². The van der Waals surface area contributed by atoms with E-state index < -0.39 is 0 Å². The van der Waals surface area contributed by atoms with Crippen LogP contribution in [0.5, 0.6) is 5.75 Å². The van der Waals surface area contributed by atoms with Crippen molar-refractivity contribution in [3.8, 4) is 17.0 Å². The summed E-state index contributed by atoms with van der Waals surface area (Å²) in [5.74, 6) is 0.755. The molecule has 1 aromatic carbocycles. The third-order valence-corrected chi connectivity index (χ3v) is 2.54. The lowest BCUT2D eigenvalue weighted by molar-refractivity contribution is 0.288. The van der Waals surface area contributed by atoms with E-state index in [1.807, 2.05) is 24.3 Å². The molecule has 0 fully saturated rings. The highest BCUT2D eigenvalue weighted by molar-refractivity contribution is 5.64. The van der Waals surface area contributed by atoms with E-state index in [0.29, 0.717) is 5.56 Å². The van der Waals surface area contributed by atoms with E-state index >= 15 is 0 Å². The summed E-state index contributed by atoms with van der Waals surface area (Å²) in [5.41, 5.74) is 1.99. The van der Waals surface area contributed by atoms with Crippen LogP contribution in [0.3, 0.4) is 0 Å². The minimum Gasteiger partial charge on any atom is -0.497 e. The van der Waals surface area contributed by atoms with E-state index in [1.165, 1.54) is 4.74 Å². The number of aryl methyl sites for hydroxylation is 1. The molecular formula is C12H13NO3. The molecule has 0 aliphatic heterocycles. The molecule has 0 aliphatic carbocycles. The van der Waals surface area contributed by atoms with Crippen LogP contribution in [0.15, 0.2) is 33.6 Å². The summed E-state index contributed by atoms with van der Waals surface area (Å²) in [7, 11) is 3.32. The number of hydrogen-bond acceptors (Lipinski definition) is 3. The van der Waals surface area contributed by atoms with Gasteiger partial charge in [-0.1, -0.05) is 12.1 Å². The number of aromatic nitrogens is 1. The van der Waals surface area contributed by atoms with Gasteiger partial charge in [-0.2, -0.15) is 0 Å². The van der Waals surface area contributed by atoms with Gasteiger partial charge >= 0.3 is 5.63 Å². The molecule has 1 heterocycles. The normalized spacial score (nSPS) is 10.4. The number of methoxy groups -OCH3 is 1. The molecule has 2 rings (SSSR count). The van der Waals surface area contributed by atoms with Crippen molar-refractivity contribution < 1.29 is 9.26 Å². The zero-order valence-electron chi connectivity index (χ0n) is 9.48. The second-order valence-corrected chi connectivity index (χ2v) is 3.58. The van der Waals surface area contributed by atoms with E-state index in [4.69, 9.17) is 9.26 Å². The Morgan fingerprint density at radius 1 is 1.38 bits per heavy atom. The zero-order valence-corrected chi connectivity index (χ0v) is 9.48. The van der Waals surface area contributed by atoms with E-state index in [0.717, 1.165) is 17.0 Å². The summed E-state index contributed by atoms with van der Waals surface area (Å²) in [5, 5.41) is 0. The van der Waals surface area contributed by atoms with Crippen LogP contribution < -0.4 is 10.4 Å². The maximum absolute atomic E-state index is 11.4. The van der Waals surface area contributed by atoms with E-state index in [2.05, 4.69) is 0 Å². The van der Waals surface area contributed by atoms with Crippen LogP contribution in [0, 0.1) is 6.92 Å². The monoisotopic (exact) mass is 219 g/mol. The largest absolute Gasteiger partial charge is 0.497 e. The first-order chi connectivity index (χ1) is 7.63. The Labute approximate surface area is 93.0 Å². The molecule has 4 nitrogen and oxygen atoms in total. The van der Waals surface area contributed by atoms with Crippen molar-refractivity contribution in [2.24, 2.45) is 7.05 Å². The Morgan fingerprint density at radius 2 is 2.12 bits per heavy atom. The molecule has 16 heavy (non-hydrogen) atoms. The van der Waals surface area contributed by atoms with Crippen LogP contribution in [0.2, 0.25) is 0 Å². The van der Waals surface area contributed by atoms with Gasteiger partial charge in [0.1, 0.15) is 5.75 Å². The van der Waals surface area contributed by atoms with E-state index in [-0.39, 0.29) is 5.63 Å². The number of rotatable bonds is 2. The van der Waals surface area contributed by atoms with Crippen LogP contribution in [-0.2, 0) is 7.05 Å². The number of benzene rings is 1. The fourth-order valence-electron chi connectivity index (χ4n) is 1.74. The lowest BCUT2D eigenvalue weighted by Crippen LogP contribution is -1.95. The van der Waals surface area contributed by atoms with Crippen molar-refractivity contribution in [2.75, 3.05) is 7.11 Å². The predicted molar refractivity (Wildman–Crippen MR) is 60.7 cm³/mol. The quantitative estimate of drug-likeness (QED) is 0.775. The van der Waals surface area contributed by atoms with Crippen molar-refractivity contribution in [1.82, 2.24) is 4.74 Å². The summed E-state index contributed by atoms with van der Waals surface area (Å²) in [6.07, 6.45) is 0. The van der Waals surface area contributed by atoms with Gasteiger partial charge in [0.05, 0.1) is 18.4 Å². The maximum atomic E-state index is 11.4. The molecule has 0 saturated heterocycles. The molecule has 0 radical (unpaired) electrons. The average molecular weight is 219 g/mol. The smallest absolute Gasteiger partial charge is 0.361 e. The van der Waals surface area contributed by atoms with Crippen molar-refractivity contribution in [2.45, 2.75) is 6.92 Å². The Morgan fingerprint density at radius 3 is 2.69 bits per heavy atom. The lowest BCUT2D eigenvalue weighted by Gasteiger charge is -2.04. The molecule has 0 atom stereocenters. The minimum absolute atomic E-state index is 0.305. The van der Waals surface area contributed by atoms with E-state index in [9.17, 15) is 4.79 Å². The van der Waals surface area contributed by atoms with Gasteiger partial charge < -0.3 is 9.26 Å². The second-order valence-electron chi connectivity index (χ2n) is 3.58. The van der Waals surface area contributed by atoms with Gasteiger partial charge in [0.25, 0.3) is 0 Å².